The summed E-state index contributed by atoms with van der Waals surface area (Å²) in [7, 11) is 1.72. The van der Waals surface area contributed by atoms with Crippen LogP contribution in [0.3, 0.4) is 0 Å². The van der Waals surface area contributed by atoms with Crippen molar-refractivity contribution in [1.82, 2.24) is 24.6 Å². The van der Waals surface area contributed by atoms with Crippen LogP contribution in [0.4, 0.5) is 0 Å². The number of aromatic nitrogens is 4. The molecule has 1 aliphatic heterocycles. The molecule has 2 aromatic heterocycles. The molecule has 29 heavy (non-hydrogen) atoms. The minimum absolute atomic E-state index is 0.0885. The third-order valence-corrected chi connectivity index (χ3v) is 6.09. The van der Waals surface area contributed by atoms with E-state index in [2.05, 4.69) is 39.7 Å². The van der Waals surface area contributed by atoms with E-state index in [1.54, 1.807) is 7.11 Å². The molecule has 0 spiro atoms. The van der Waals surface area contributed by atoms with Crippen molar-refractivity contribution in [3.63, 3.8) is 0 Å². The number of carbonyl (C=O) groups excluding carboxylic acids is 1. The highest BCUT2D eigenvalue weighted by molar-refractivity contribution is 5.99. The molecule has 0 radical (unpaired) electrons. The number of nitrogens with zero attached hydrogens (tertiary/aromatic N) is 4. The summed E-state index contributed by atoms with van der Waals surface area (Å²) in [6, 6.07) is 6.07. The van der Waals surface area contributed by atoms with Gasteiger partial charge in [0.25, 0.3) is 5.91 Å². The predicted molar refractivity (Wildman–Crippen MR) is 112 cm³/mol. The van der Waals surface area contributed by atoms with Gasteiger partial charge in [-0.15, -0.1) is 0 Å². The summed E-state index contributed by atoms with van der Waals surface area (Å²) in [5.74, 6) is 1.92. The Labute approximate surface area is 171 Å². The van der Waals surface area contributed by atoms with Crippen LogP contribution in [0.25, 0.3) is 10.9 Å². The zero-order valence-electron chi connectivity index (χ0n) is 17.7. The first-order valence-electron chi connectivity index (χ1n) is 10.3. The second-order valence-electron chi connectivity index (χ2n) is 7.96. The molecule has 0 aliphatic carbocycles. The standard InChI is InChI=1S/C22H29N5O2/c1-14-15(2)27(10-11-29-4)20-8-7-17(12-19(14)20)22(28)26-9-5-6-18(13-26)21-23-16(3)24-25-21/h7-8,12,18H,5-6,9-11,13H2,1-4H3,(H,23,24,25)/t18-/m0/s1. The molecule has 154 valence electrons. The lowest BCUT2D eigenvalue weighted by Crippen LogP contribution is -2.39. The summed E-state index contributed by atoms with van der Waals surface area (Å²) < 4.78 is 7.52. The molecule has 0 saturated carbocycles. The molecule has 1 aromatic carbocycles. The van der Waals surface area contributed by atoms with Crippen LogP contribution in [0.5, 0.6) is 0 Å². The molecule has 1 aliphatic rings. The molecule has 0 unspecified atom stereocenters. The Balaban J connectivity index is 1.59. The van der Waals surface area contributed by atoms with Gasteiger partial charge in [-0.25, -0.2) is 4.98 Å². The molecule has 3 aromatic rings. The fourth-order valence-electron chi connectivity index (χ4n) is 4.35. The van der Waals surface area contributed by atoms with E-state index in [0.29, 0.717) is 13.2 Å². The fourth-order valence-corrected chi connectivity index (χ4v) is 4.35. The van der Waals surface area contributed by atoms with Crippen molar-refractivity contribution in [1.29, 1.82) is 0 Å². The number of piperidine rings is 1. The van der Waals surface area contributed by atoms with Crippen LogP contribution in [0.15, 0.2) is 18.2 Å². The van der Waals surface area contributed by atoms with E-state index in [4.69, 9.17) is 4.74 Å². The van der Waals surface area contributed by atoms with Gasteiger partial charge < -0.3 is 14.2 Å². The van der Waals surface area contributed by atoms with Crippen LogP contribution >= 0.6 is 0 Å². The first-order chi connectivity index (χ1) is 14.0. The maximum Gasteiger partial charge on any atom is 0.253 e. The first kappa shape index (κ1) is 19.6. The molecule has 7 heteroatoms. The van der Waals surface area contributed by atoms with Gasteiger partial charge in [0.2, 0.25) is 0 Å². The van der Waals surface area contributed by atoms with Crippen molar-refractivity contribution in [3.8, 4) is 0 Å². The minimum Gasteiger partial charge on any atom is -0.383 e. The Morgan fingerprint density at radius 2 is 2.14 bits per heavy atom. The number of carbonyl (C=O) groups is 1. The lowest BCUT2D eigenvalue weighted by atomic mass is 9.96. The number of amides is 1. The average molecular weight is 396 g/mol. The van der Waals surface area contributed by atoms with Crippen molar-refractivity contribution in [2.24, 2.45) is 0 Å². The van der Waals surface area contributed by atoms with E-state index >= 15 is 0 Å². The summed E-state index contributed by atoms with van der Waals surface area (Å²) in [6.07, 6.45) is 1.98. The molecule has 7 nitrogen and oxygen atoms in total. The number of likely N-dealkylation sites (tertiary alicyclic amines) is 1. The van der Waals surface area contributed by atoms with Gasteiger partial charge in [0.15, 0.2) is 5.82 Å². The van der Waals surface area contributed by atoms with E-state index < -0.39 is 0 Å². The molecular formula is C22H29N5O2. The number of hydrogen-bond donors (Lipinski definition) is 1. The van der Waals surface area contributed by atoms with Gasteiger partial charge in [0.1, 0.15) is 5.82 Å². The number of nitrogens with one attached hydrogen (secondary N) is 1. The van der Waals surface area contributed by atoms with Crippen molar-refractivity contribution in [2.45, 2.75) is 46.1 Å². The maximum atomic E-state index is 13.3. The SMILES string of the molecule is COCCn1c(C)c(C)c2cc(C(=O)N3CCC[C@H](c4n[nH]c(C)n4)C3)ccc21. The van der Waals surface area contributed by atoms with Gasteiger partial charge in [-0.1, -0.05) is 0 Å². The summed E-state index contributed by atoms with van der Waals surface area (Å²) in [4.78, 5) is 19.7. The van der Waals surface area contributed by atoms with E-state index in [1.165, 1.54) is 11.3 Å². The number of hydrogen-bond acceptors (Lipinski definition) is 4. The van der Waals surface area contributed by atoms with Crippen molar-refractivity contribution < 1.29 is 9.53 Å². The second-order valence-corrected chi connectivity index (χ2v) is 7.96. The number of rotatable bonds is 5. The van der Waals surface area contributed by atoms with E-state index in [1.807, 2.05) is 24.0 Å². The monoisotopic (exact) mass is 395 g/mol. The third kappa shape index (κ3) is 3.67. The molecule has 1 atom stereocenters. The molecule has 1 fully saturated rings. The van der Waals surface area contributed by atoms with Crippen LogP contribution < -0.4 is 0 Å². The Hall–Kier alpha value is -2.67. The highest BCUT2D eigenvalue weighted by atomic mass is 16.5. The second kappa shape index (κ2) is 7.99. The third-order valence-electron chi connectivity index (χ3n) is 6.09. The largest absolute Gasteiger partial charge is 0.383 e. The fraction of sp³-hybridized carbons (Fsp3) is 0.500. The zero-order valence-corrected chi connectivity index (χ0v) is 17.7. The normalized spacial score (nSPS) is 17.2. The molecule has 1 N–H and O–H groups in total. The maximum absolute atomic E-state index is 13.3. The van der Waals surface area contributed by atoms with E-state index in [9.17, 15) is 4.79 Å². The van der Waals surface area contributed by atoms with Gasteiger partial charge >= 0.3 is 0 Å². The molecule has 1 saturated heterocycles. The van der Waals surface area contributed by atoms with Crippen molar-refractivity contribution in [3.05, 3.63) is 46.7 Å². The Kier molecular flexibility index (Phi) is 5.41. The molecule has 0 bridgehead atoms. The highest BCUT2D eigenvalue weighted by Crippen LogP contribution is 2.29. The van der Waals surface area contributed by atoms with Crippen molar-refractivity contribution in [2.75, 3.05) is 26.8 Å². The average Bonchev–Trinajstić information content (AvgIpc) is 3.28. The van der Waals surface area contributed by atoms with Crippen LogP contribution in [0, 0.1) is 20.8 Å². The molecule has 3 heterocycles. The summed E-state index contributed by atoms with van der Waals surface area (Å²) >= 11 is 0. The highest BCUT2D eigenvalue weighted by Gasteiger charge is 2.28. The number of ether oxygens (including phenoxy) is 1. The van der Waals surface area contributed by atoms with E-state index in [-0.39, 0.29) is 11.8 Å². The number of aryl methyl sites for hydroxylation is 2. The number of methoxy groups -OCH3 is 1. The number of benzene rings is 1. The Bertz CT molecular complexity index is 1040. The zero-order chi connectivity index (χ0) is 20.5. The van der Waals surface area contributed by atoms with Gasteiger partial charge in [0.05, 0.1) is 6.61 Å². The lowest BCUT2D eigenvalue weighted by molar-refractivity contribution is 0.0705. The van der Waals surface area contributed by atoms with Crippen LogP contribution in [-0.2, 0) is 11.3 Å². The van der Waals surface area contributed by atoms with Gasteiger partial charge in [-0.05, 0) is 57.4 Å². The van der Waals surface area contributed by atoms with Crippen LogP contribution in [0.2, 0.25) is 0 Å². The summed E-state index contributed by atoms with van der Waals surface area (Å²) in [5, 5.41) is 8.36. The molecule has 4 rings (SSSR count). The quantitative estimate of drug-likeness (QED) is 0.719. The minimum atomic E-state index is 0.0885. The van der Waals surface area contributed by atoms with Crippen LogP contribution in [-0.4, -0.2) is 57.4 Å². The Morgan fingerprint density at radius 1 is 1.31 bits per heavy atom. The van der Waals surface area contributed by atoms with Gasteiger partial charge in [-0.3, -0.25) is 9.89 Å². The molecule has 1 amide bonds. The Morgan fingerprint density at radius 3 is 2.86 bits per heavy atom. The summed E-state index contributed by atoms with van der Waals surface area (Å²) in [5.41, 5.74) is 4.34. The van der Waals surface area contributed by atoms with Gasteiger partial charge in [0, 0.05) is 54.8 Å². The summed E-state index contributed by atoms with van der Waals surface area (Å²) in [6.45, 7) is 9.08. The topological polar surface area (TPSA) is 76.0 Å². The van der Waals surface area contributed by atoms with Crippen molar-refractivity contribution >= 4 is 16.8 Å². The van der Waals surface area contributed by atoms with Gasteiger partial charge in [-0.2, -0.15) is 5.10 Å². The lowest BCUT2D eigenvalue weighted by Gasteiger charge is -2.31. The number of aromatic amines is 1. The van der Waals surface area contributed by atoms with E-state index in [0.717, 1.165) is 54.0 Å². The smallest absolute Gasteiger partial charge is 0.253 e. The predicted octanol–water partition coefficient (Wildman–Crippen LogP) is 3.35. The molecular weight excluding hydrogens is 366 g/mol. The first-order valence-corrected chi connectivity index (χ1v) is 10.3. The number of H-pyrrole nitrogens is 1. The van der Waals surface area contributed by atoms with Crippen LogP contribution in [0.1, 0.15) is 52.0 Å². The number of fused-ring (bicyclic) bond motifs is 1.